The van der Waals surface area contributed by atoms with Gasteiger partial charge in [0.2, 0.25) is 0 Å². The standard InChI is InChI=1S/C25H21ClN2O6S/c1-4-34-17-10-8-14(9-11-17)20(29)18-19(15-6-5-7-16(26)12-15)28(23(31)21(18)30)25-27-13(2)22(35-25)24(32)33-3/h5-12,19,29H,4H2,1-3H3/b20-18+. The van der Waals surface area contributed by atoms with Gasteiger partial charge in [0.25, 0.3) is 5.78 Å². The van der Waals surface area contributed by atoms with E-state index in [0.29, 0.717) is 34.2 Å². The highest BCUT2D eigenvalue weighted by molar-refractivity contribution is 7.17. The Morgan fingerprint density at radius 1 is 1.20 bits per heavy atom. The van der Waals surface area contributed by atoms with E-state index < -0.39 is 23.7 Å². The van der Waals surface area contributed by atoms with Crippen molar-refractivity contribution in [2.45, 2.75) is 19.9 Å². The molecule has 1 aliphatic heterocycles. The maximum Gasteiger partial charge on any atom is 0.350 e. The molecule has 1 aromatic heterocycles. The molecule has 4 rings (SSSR count). The van der Waals surface area contributed by atoms with Gasteiger partial charge in [0, 0.05) is 10.6 Å². The third-order valence-corrected chi connectivity index (χ3v) is 6.78. The number of benzene rings is 2. The van der Waals surface area contributed by atoms with Gasteiger partial charge in [0.1, 0.15) is 16.4 Å². The quantitative estimate of drug-likeness (QED) is 0.216. The van der Waals surface area contributed by atoms with Crippen LogP contribution in [0.5, 0.6) is 5.75 Å². The molecule has 1 saturated heterocycles. The molecule has 180 valence electrons. The lowest BCUT2D eigenvalue weighted by Gasteiger charge is -2.23. The molecule has 1 atom stereocenters. The normalized spacial score (nSPS) is 17.0. The van der Waals surface area contributed by atoms with Crippen molar-refractivity contribution >= 4 is 51.5 Å². The van der Waals surface area contributed by atoms with Crippen molar-refractivity contribution in [2.75, 3.05) is 18.6 Å². The molecular weight excluding hydrogens is 492 g/mol. The number of halogens is 1. The number of aromatic nitrogens is 1. The molecule has 0 spiro atoms. The van der Waals surface area contributed by atoms with Gasteiger partial charge < -0.3 is 14.6 Å². The summed E-state index contributed by atoms with van der Waals surface area (Å²) in [6, 6.07) is 12.2. The number of anilines is 1. The lowest BCUT2D eigenvalue weighted by atomic mass is 9.95. The number of hydrogen-bond donors (Lipinski definition) is 1. The van der Waals surface area contributed by atoms with Gasteiger partial charge in [-0.25, -0.2) is 9.78 Å². The molecule has 0 saturated carbocycles. The molecule has 2 aromatic carbocycles. The average Bonchev–Trinajstić information content (AvgIpc) is 3.35. The van der Waals surface area contributed by atoms with Gasteiger partial charge >= 0.3 is 11.9 Å². The first-order chi connectivity index (χ1) is 16.8. The molecule has 1 fully saturated rings. The van der Waals surface area contributed by atoms with Crippen molar-refractivity contribution in [3.63, 3.8) is 0 Å². The Balaban J connectivity index is 1.90. The summed E-state index contributed by atoms with van der Waals surface area (Å²) in [5.74, 6) is -2.11. The smallest absolute Gasteiger partial charge is 0.350 e. The van der Waals surface area contributed by atoms with Gasteiger partial charge in [-0.15, -0.1) is 0 Å². The molecule has 10 heteroatoms. The SMILES string of the molecule is CCOc1ccc(/C(O)=C2\C(=O)C(=O)N(c3nc(C)c(C(=O)OC)s3)C2c2cccc(Cl)c2)cc1. The number of ketones is 1. The number of aliphatic hydroxyl groups excluding tert-OH is 1. The van der Waals surface area contributed by atoms with Gasteiger partial charge in [0.05, 0.1) is 31.0 Å². The Morgan fingerprint density at radius 2 is 1.91 bits per heavy atom. The molecule has 0 radical (unpaired) electrons. The number of methoxy groups -OCH3 is 1. The van der Waals surface area contributed by atoms with Crippen LogP contribution in [0.3, 0.4) is 0 Å². The zero-order chi connectivity index (χ0) is 25.3. The topological polar surface area (TPSA) is 106 Å². The Labute approximate surface area is 210 Å². The summed E-state index contributed by atoms with van der Waals surface area (Å²) in [7, 11) is 1.25. The van der Waals surface area contributed by atoms with E-state index >= 15 is 0 Å². The maximum atomic E-state index is 13.2. The van der Waals surface area contributed by atoms with Gasteiger partial charge in [-0.05, 0) is 55.8 Å². The van der Waals surface area contributed by atoms with Crippen LogP contribution in [0.1, 0.15) is 39.5 Å². The van der Waals surface area contributed by atoms with Crippen molar-refractivity contribution in [3.05, 3.63) is 80.8 Å². The van der Waals surface area contributed by atoms with Crippen LogP contribution < -0.4 is 9.64 Å². The minimum atomic E-state index is -1.02. The zero-order valence-electron chi connectivity index (χ0n) is 19.1. The fourth-order valence-electron chi connectivity index (χ4n) is 3.82. The average molecular weight is 513 g/mol. The monoisotopic (exact) mass is 512 g/mol. The number of aryl methyl sites for hydroxylation is 1. The first-order valence-electron chi connectivity index (χ1n) is 10.6. The van der Waals surface area contributed by atoms with E-state index in [1.165, 1.54) is 12.0 Å². The van der Waals surface area contributed by atoms with Crippen molar-refractivity contribution < 1.29 is 29.0 Å². The van der Waals surface area contributed by atoms with Crippen molar-refractivity contribution in [2.24, 2.45) is 0 Å². The minimum absolute atomic E-state index is 0.117. The third-order valence-electron chi connectivity index (χ3n) is 5.41. The summed E-state index contributed by atoms with van der Waals surface area (Å²) in [6.45, 7) is 3.94. The van der Waals surface area contributed by atoms with Gasteiger partial charge in [0.15, 0.2) is 5.13 Å². The van der Waals surface area contributed by atoms with E-state index in [1.807, 2.05) is 6.92 Å². The number of nitrogens with zero attached hydrogens (tertiary/aromatic N) is 2. The number of ether oxygens (including phenoxy) is 2. The molecule has 1 aliphatic rings. The number of carbonyl (C=O) groups excluding carboxylic acids is 3. The predicted molar refractivity (Wildman–Crippen MR) is 132 cm³/mol. The highest BCUT2D eigenvalue weighted by atomic mass is 35.5. The van der Waals surface area contributed by atoms with E-state index in [9.17, 15) is 19.5 Å². The Kier molecular flexibility index (Phi) is 6.90. The molecule has 1 amide bonds. The fraction of sp³-hybridized carbons (Fsp3) is 0.200. The third kappa shape index (κ3) is 4.52. The molecule has 3 aromatic rings. The van der Waals surface area contributed by atoms with Crippen molar-refractivity contribution in [1.29, 1.82) is 0 Å². The molecule has 8 nitrogen and oxygen atoms in total. The summed E-state index contributed by atoms with van der Waals surface area (Å²) in [6.07, 6.45) is 0. The second kappa shape index (κ2) is 9.89. The molecule has 2 heterocycles. The van der Waals surface area contributed by atoms with Crippen LogP contribution in [0, 0.1) is 6.92 Å². The highest BCUT2D eigenvalue weighted by Crippen LogP contribution is 2.44. The van der Waals surface area contributed by atoms with E-state index in [2.05, 4.69) is 4.98 Å². The van der Waals surface area contributed by atoms with Crippen LogP contribution in [-0.4, -0.2) is 41.5 Å². The Hall–Kier alpha value is -3.69. The van der Waals surface area contributed by atoms with Crippen LogP contribution in [0.15, 0.2) is 54.1 Å². The number of aliphatic hydroxyl groups is 1. The minimum Gasteiger partial charge on any atom is -0.507 e. The zero-order valence-corrected chi connectivity index (χ0v) is 20.6. The first-order valence-corrected chi connectivity index (χ1v) is 11.8. The Morgan fingerprint density at radius 3 is 2.54 bits per heavy atom. The number of Topliss-reactive ketones (excluding diaryl/α,β-unsaturated/α-hetero) is 1. The van der Waals surface area contributed by atoms with E-state index in [4.69, 9.17) is 21.1 Å². The second-order valence-electron chi connectivity index (χ2n) is 7.58. The number of esters is 1. The molecule has 1 N–H and O–H groups in total. The lowest BCUT2D eigenvalue weighted by molar-refractivity contribution is -0.132. The van der Waals surface area contributed by atoms with E-state index in [1.54, 1.807) is 55.5 Å². The predicted octanol–water partition coefficient (Wildman–Crippen LogP) is 4.92. The van der Waals surface area contributed by atoms with Crippen LogP contribution in [0.25, 0.3) is 5.76 Å². The van der Waals surface area contributed by atoms with Gasteiger partial charge in [-0.1, -0.05) is 35.1 Å². The molecule has 0 bridgehead atoms. The van der Waals surface area contributed by atoms with Crippen molar-refractivity contribution in [1.82, 2.24) is 4.98 Å². The summed E-state index contributed by atoms with van der Waals surface area (Å²) in [5, 5.41) is 11.7. The Bertz CT molecular complexity index is 1350. The molecular formula is C25H21ClN2O6S. The molecule has 0 aliphatic carbocycles. The summed E-state index contributed by atoms with van der Waals surface area (Å²) in [4.78, 5) is 44.4. The van der Waals surface area contributed by atoms with Gasteiger partial charge in [-0.3, -0.25) is 14.5 Å². The largest absolute Gasteiger partial charge is 0.507 e. The van der Waals surface area contributed by atoms with Crippen LogP contribution in [-0.2, 0) is 14.3 Å². The summed E-state index contributed by atoms with van der Waals surface area (Å²) in [5.41, 5.74) is 1.07. The summed E-state index contributed by atoms with van der Waals surface area (Å²) >= 11 is 7.14. The van der Waals surface area contributed by atoms with E-state index in [0.717, 1.165) is 11.3 Å². The first kappa shape index (κ1) is 24.4. The number of rotatable bonds is 6. The second-order valence-corrected chi connectivity index (χ2v) is 9.00. The van der Waals surface area contributed by atoms with Crippen LogP contribution in [0.2, 0.25) is 5.02 Å². The van der Waals surface area contributed by atoms with Gasteiger partial charge in [-0.2, -0.15) is 0 Å². The molecule has 35 heavy (non-hydrogen) atoms. The maximum absolute atomic E-state index is 13.2. The van der Waals surface area contributed by atoms with Crippen molar-refractivity contribution in [3.8, 4) is 5.75 Å². The lowest BCUT2D eigenvalue weighted by Crippen LogP contribution is -2.29. The van der Waals surface area contributed by atoms with E-state index in [-0.39, 0.29) is 21.3 Å². The van der Waals surface area contributed by atoms with Crippen LogP contribution in [0.4, 0.5) is 5.13 Å². The number of hydrogen-bond acceptors (Lipinski definition) is 8. The van der Waals surface area contributed by atoms with Crippen LogP contribution >= 0.6 is 22.9 Å². The molecule has 1 unspecified atom stereocenters. The number of amides is 1. The summed E-state index contributed by atoms with van der Waals surface area (Å²) < 4.78 is 10.2. The highest BCUT2D eigenvalue weighted by Gasteiger charge is 2.48. The number of thiazole rings is 1. The fourth-order valence-corrected chi connectivity index (χ4v) is 5.03. The number of carbonyl (C=O) groups is 3.